The van der Waals surface area contributed by atoms with Gasteiger partial charge in [-0.15, -0.1) is 11.6 Å². The Labute approximate surface area is 113 Å². The van der Waals surface area contributed by atoms with Gasteiger partial charge in [0.05, 0.1) is 0 Å². The van der Waals surface area contributed by atoms with E-state index in [-0.39, 0.29) is 5.56 Å². The quantitative estimate of drug-likeness (QED) is 0.831. The van der Waals surface area contributed by atoms with E-state index in [4.69, 9.17) is 11.6 Å². The normalized spacial score (nSPS) is 24.1. The summed E-state index contributed by atoms with van der Waals surface area (Å²) in [6, 6.07) is 5.79. The standard InChI is InChI=1S/C14H21ClN2O/c15-11-12-5-1-2-6-13(12)16-8-10-17-9-4-3-7-14(17)18/h3-4,7,9,12-13,16H,1-2,5-6,8,10-11H2. The fourth-order valence-corrected chi connectivity index (χ4v) is 3.05. The van der Waals surface area contributed by atoms with Crippen molar-refractivity contribution in [2.45, 2.75) is 38.3 Å². The smallest absolute Gasteiger partial charge is 0.250 e. The van der Waals surface area contributed by atoms with E-state index in [1.54, 1.807) is 16.7 Å². The van der Waals surface area contributed by atoms with Crippen molar-refractivity contribution in [3.8, 4) is 0 Å². The van der Waals surface area contributed by atoms with Crippen LogP contribution < -0.4 is 10.9 Å². The zero-order chi connectivity index (χ0) is 12.8. The van der Waals surface area contributed by atoms with Crippen LogP contribution in [-0.2, 0) is 6.54 Å². The second-order valence-electron chi connectivity index (χ2n) is 4.99. The Hall–Kier alpha value is -0.800. The lowest BCUT2D eigenvalue weighted by atomic mass is 9.86. The highest BCUT2D eigenvalue weighted by molar-refractivity contribution is 6.18. The second kappa shape index (κ2) is 6.95. The molecule has 18 heavy (non-hydrogen) atoms. The molecular formula is C14H21ClN2O. The van der Waals surface area contributed by atoms with Gasteiger partial charge in [0.1, 0.15) is 0 Å². The van der Waals surface area contributed by atoms with E-state index in [0.717, 1.165) is 19.0 Å². The maximum Gasteiger partial charge on any atom is 0.250 e. The van der Waals surface area contributed by atoms with Gasteiger partial charge in [-0.1, -0.05) is 18.9 Å². The minimum Gasteiger partial charge on any atom is -0.314 e. The molecule has 2 unspecified atom stereocenters. The molecule has 2 atom stereocenters. The van der Waals surface area contributed by atoms with Gasteiger partial charge in [-0.25, -0.2) is 0 Å². The van der Waals surface area contributed by atoms with E-state index in [2.05, 4.69) is 5.32 Å². The number of hydrogen-bond acceptors (Lipinski definition) is 2. The fourth-order valence-electron chi connectivity index (χ4n) is 2.68. The predicted molar refractivity (Wildman–Crippen MR) is 75.2 cm³/mol. The van der Waals surface area contributed by atoms with Gasteiger partial charge in [-0.2, -0.15) is 0 Å². The molecule has 1 heterocycles. The van der Waals surface area contributed by atoms with E-state index < -0.39 is 0 Å². The van der Waals surface area contributed by atoms with E-state index in [1.165, 1.54) is 25.7 Å². The Morgan fingerprint density at radius 2 is 2.17 bits per heavy atom. The number of aromatic nitrogens is 1. The summed E-state index contributed by atoms with van der Waals surface area (Å²) in [5.74, 6) is 1.33. The molecule has 4 heteroatoms. The molecule has 0 aliphatic heterocycles. The first-order valence-corrected chi connectivity index (χ1v) is 7.29. The summed E-state index contributed by atoms with van der Waals surface area (Å²) in [5.41, 5.74) is 0.0665. The van der Waals surface area contributed by atoms with Gasteiger partial charge in [0.25, 0.3) is 5.56 Å². The molecule has 0 aromatic carbocycles. The lowest BCUT2D eigenvalue weighted by molar-refractivity contribution is 0.281. The molecule has 1 aromatic heterocycles. The lowest BCUT2D eigenvalue weighted by Gasteiger charge is -2.31. The van der Waals surface area contributed by atoms with Crippen molar-refractivity contribution >= 4 is 11.6 Å². The fraction of sp³-hybridized carbons (Fsp3) is 0.643. The Morgan fingerprint density at radius 1 is 1.33 bits per heavy atom. The first-order valence-electron chi connectivity index (χ1n) is 6.76. The molecule has 3 nitrogen and oxygen atoms in total. The molecule has 0 saturated heterocycles. The highest BCUT2D eigenvalue weighted by atomic mass is 35.5. The zero-order valence-electron chi connectivity index (χ0n) is 10.6. The number of pyridine rings is 1. The Kier molecular flexibility index (Phi) is 5.26. The number of hydrogen-bond donors (Lipinski definition) is 1. The van der Waals surface area contributed by atoms with Crippen molar-refractivity contribution < 1.29 is 0 Å². The molecule has 0 spiro atoms. The van der Waals surface area contributed by atoms with Crippen molar-refractivity contribution in [2.75, 3.05) is 12.4 Å². The summed E-state index contributed by atoms with van der Waals surface area (Å²) in [4.78, 5) is 11.5. The monoisotopic (exact) mass is 268 g/mol. The van der Waals surface area contributed by atoms with Crippen molar-refractivity contribution in [1.29, 1.82) is 0 Å². The van der Waals surface area contributed by atoms with Crippen LogP contribution >= 0.6 is 11.6 Å². The number of nitrogens with one attached hydrogen (secondary N) is 1. The number of alkyl halides is 1. The van der Waals surface area contributed by atoms with E-state index >= 15 is 0 Å². The van der Waals surface area contributed by atoms with Crippen LogP contribution in [0.25, 0.3) is 0 Å². The molecule has 0 amide bonds. The lowest BCUT2D eigenvalue weighted by Crippen LogP contribution is -2.41. The topological polar surface area (TPSA) is 34.0 Å². The molecular weight excluding hydrogens is 248 g/mol. The summed E-state index contributed by atoms with van der Waals surface area (Å²) in [6.07, 6.45) is 6.86. The Bertz CT molecular complexity index is 418. The SMILES string of the molecule is O=c1ccccn1CCNC1CCCCC1CCl. The van der Waals surface area contributed by atoms with Crippen molar-refractivity contribution in [3.63, 3.8) is 0 Å². The Morgan fingerprint density at radius 3 is 2.94 bits per heavy atom. The molecule has 1 aromatic rings. The van der Waals surface area contributed by atoms with Crippen molar-refractivity contribution in [2.24, 2.45) is 5.92 Å². The first-order chi connectivity index (χ1) is 8.81. The van der Waals surface area contributed by atoms with Gasteiger partial charge in [-0.3, -0.25) is 4.79 Å². The highest BCUT2D eigenvalue weighted by Crippen LogP contribution is 2.25. The minimum absolute atomic E-state index is 0.0665. The van der Waals surface area contributed by atoms with Crippen LogP contribution in [0.4, 0.5) is 0 Å². The summed E-state index contributed by atoms with van der Waals surface area (Å²) in [6.45, 7) is 1.56. The van der Waals surface area contributed by atoms with Gasteiger partial charge in [0, 0.05) is 37.3 Å². The summed E-state index contributed by atoms with van der Waals surface area (Å²) < 4.78 is 1.74. The number of halogens is 1. The molecule has 1 aliphatic carbocycles. The second-order valence-corrected chi connectivity index (χ2v) is 5.30. The molecule has 1 saturated carbocycles. The zero-order valence-corrected chi connectivity index (χ0v) is 11.4. The molecule has 0 bridgehead atoms. The molecule has 0 radical (unpaired) electrons. The third kappa shape index (κ3) is 3.59. The maximum absolute atomic E-state index is 11.5. The van der Waals surface area contributed by atoms with Crippen molar-refractivity contribution in [3.05, 3.63) is 34.7 Å². The molecule has 1 aliphatic rings. The third-order valence-corrected chi connectivity index (χ3v) is 4.16. The van der Waals surface area contributed by atoms with Gasteiger partial charge < -0.3 is 9.88 Å². The first kappa shape index (κ1) is 13.6. The number of nitrogens with zero attached hydrogens (tertiary/aromatic N) is 1. The molecule has 1 fully saturated rings. The Balaban J connectivity index is 1.81. The van der Waals surface area contributed by atoms with E-state index in [1.807, 2.05) is 12.3 Å². The van der Waals surface area contributed by atoms with E-state index in [0.29, 0.717) is 12.0 Å². The van der Waals surface area contributed by atoms with Crippen molar-refractivity contribution in [1.82, 2.24) is 9.88 Å². The average molecular weight is 269 g/mol. The van der Waals surface area contributed by atoms with Crippen LogP contribution in [0.2, 0.25) is 0 Å². The van der Waals surface area contributed by atoms with Crippen LogP contribution in [0, 0.1) is 5.92 Å². The summed E-state index contributed by atoms with van der Waals surface area (Å²) in [7, 11) is 0. The maximum atomic E-state index is 11.5. The number of rotatable bonds is 5. The van der Waals surface area contributed by atoms with Gasteiger partial charge in [-0.05, 0) is 24.8 Å². The highest BCUT2D eigenvalue weighted by Gasteiger charge is 2.23. The average Bonchev–Trinajstić information content (AvgIpc) is 2.41. The summed E-state index contributed by atoms with van der Waals surface area (Å²) in [5, 5.41) is 3.55. The molecule has 100 valence electrons. The van der Waals surface area contributed by atoms with Crippen LogP contribution in [0.1, 0.15) is 25.7 Å². The molecule has 2 rings (SSSR count). The molecule has 1 N–H and O–H groups in total. The van der Waals surface area contributed by atoms with E-state index in [9.17, 15) is 4.79 Å². The van der Waals surface area contributed by atoms with Crippen LogP contribution in [0.5, 0.6) is 0 Å². The minimum atomic E-state index is 0.0665. The summed E-state index contributed by atoms with van der Waals surface area (Å²) >= 11 is 6.00. The van der Waals surface area contributed by atoms with Gasteiger partial charge in [0.2, 0.25) is 0 Å². The largest absolute Gasteiger partial charge is 0.314 e. The van der Waals surface area contributed by atoms with Crippen LogP contribution in [0.15, 0.2) is 29.2 Å². The van der Waals surface area contributed by atoms with Crippen LogP contribution in [-0.4, -0.2) is 23.0 Å². The van der Waals surface area contributed by atoms with Gasteiger partial charge in [0.15, 0.2) is 0 Å². The van der Waals surface area contributed by atoms with Crippen LogP contribution in [0.3, 0.4) is 0 Å². The third-order valence-electron chi connectivity index (χ3n) is 3.77. The van der Waals surface area contributed by atoms with Gasteiger partial charge >= 0.3 is 0 Å². The predicted octanol–water partition coefficient (Wildman–Crippen LogP) is 2.24.